The minimum atomic E-state index is -1.16. The van der Waals surface area contributed by atoms with Gasteiger partial charge >= 0.3 is 11.9 Å². The van der Waals surface area contributed by atoms with Crippen LogP contribution in [0.3, 0.4) is 0 Å². The van der Waals surface area contributed by atoms with Gasteiger partial charge in [0.2, 0.25) is 0 Å². The molecule has 0 saturated carbocycles. The number of rotatable bonds is 9. The van der Waals surface area contributed by atoms with Gasteiger partial charge in [-0.2, -0.15) is 11.8 Å². The molecule has 22 heavy (non-hydrogen) atoms. The van der Waals surface area contributed by atoms with Crippen LogP contribution in [0.4, 0.5) is 0 Å². The van der Waals surface area contributed by atoms with Crippen molar-refractivity contribution in [3.8, 4) is 0 Å². The SMILES string of the molecule is CCCO/C=C(\C(=O)O)C(CSC(C)C)C(=O)OC(C)(C)C. The van der Waals surface area contributed by atoms with Gasteiger partial charge in [0.1, 0.15) is 11.5 Å². The number of esters is 1. The van der Waals surface area contributed by atoms with Crippen LogP contribution in [0.15, 0.2) is 11.8 Å². The predicted octanol–water partition coefficient (Wildman–Crippen LogP) is 3.48. The van der Waals surface area contributed by atoms with E-state index in [1.165, 1.54) is 18.0 Å². The highest BCUT2D eigenvalue weighted by atomic mass is 32.2. The van der Waals surface area contributed by atoms with Gasteiger partial charge in [0.15, 0.2) is 0 Å². The highest BCUT2D eigenvalue weighted by Gasteiger charge is 2.32. The summed E-state index contributed by atoms with van der Waals surface area (Å²) in [5.74, 6) is -2.19. The summed E-state index contributed by atoms with van der Waals surface area (Å²) in [6.07, 6.45) is 1.95. The molecule has 1 N–H and O–H groups in total. The number of thioether (sulfide) groups is 1. The molecule has 0 spiro atoms. The van der Waals surface area contributed by atoms with Crippen molar-refractivity contribution >= 4 is 23.7 Å². The lowest BCUT2D eigenvalue weighted by molar-refractivity contribution is -0.159. The van der Waals surface area contributed by atoms with Crippen molar-refractivity contribution in [2.75, 3.05) is 12.4 Å². The Morgan fingerprint density at radius 1 is 1.27 bits per heavy atom. The molecule has 0 aromatic carbocycles. The van der Waals surface area contributed by atoms with Gasteiger partial charge in [-0.05, 0) is 32.4 Å². The number of hydrogen-bond donors (Lipinski definition) is 1. The van der Waals surface area contributed by atoms with Crippen LogP contribution >= 0.6 is 11.8 Å². The Balaban J connectivity index is 5.26. The van der Waals surface area contributed by atoms with E-state index in [2.05, 4.69) is 0 Å². The fourth-order valence-electron chi connectivity index (χ4n) is 1.49. The van der Waals surface area contributed by atoms with Crippen LogP contribution in [-0.2, 0) is 19.1 Å². The molecule has 5 nitrogen and oxygen atoms in total. The lowest BCUT2D eigenvalue weighted by atomic mass is 10.0. The molecule has 6 heteroatoms. The highest BCUT2D eigenvalue weighted by Crippen LogP contribution is 2.24. The summed E-state index contributed by atoms with van der Waals surface area (Å²) in [4.78, 5) is 23.8. The summed E-state index contributed by atoms with van der Waals surface area (Å²) in [7, 11) is 0. The van der Waals surface area contributed by atoms with Crippen LogP contribution in [0.1, 0.15) is 48.0 Å². The van der Waals surface area contributed by atoms with Crippen LogP contribution in [0, 0.1) is 5.92 Å². The third-order valence-electron chi connectivity index (χ3n) is 2.44. The first kappa shape index (κ1) is 20.8. The van der Waals surface area contributed by atoms with Gasteiger partial charge in [0.05, 0.1) is 18.4 Å². The van der Waals surface area contributed by atoms with E-state index in [-0.39, 0.29) is 10.8 Å². The van der Waals surface area contributed by atoms with Gasteiger partial charge in [-0.25, -0.2) is 4.79 Å². The zero-order valence-electron chi connectivity index (χ0n) is 14.3. The predicted molar refractivity (Wildman–Crippen MR) is 88.9 cm³/mol. The molecule has 1 unspecified atom stereocenters. The molecule has 0 heterocycles. The number of carboxylic acids is 1. The summed E-state index contributed by atoms with van der Waals surface area (Å²) < 4.78 is 10.6. The van der Waals surface area contributed by atoms with Gasteiger partial charge in [0.25, 0.3) is 0 Å². The van der Waals surface area contributed by atoms with E-state index in [1.807, 2.05) is 20.8 Å². The van der Waals surface area contributed by atoms with Crippen LogP contribution in [0.5, 0.6) is 0 Å². The molecule has 0 aromatic rings. The van der Waals surface area contributed by atoms with E-state index in [1.54, 1.807) is 20.8 Å². The smallest absolute Gasteiger partial charge is 0.335 e. The minimum Gasteiger partial charge on any atom is -0.501 e. The van der Waals surface area contributed by atoms with Gasteiger partial charge < -0.3 is 14.6 Å². The summed E-state index contributed by atoms with van der Waals surface area (Å²) in [5.41, 5.74) is -0.720. The molecule has 0 aromatic heterocycles. The molecule has 0 aliphatic rings. The molecule has 0 amide bonds. The second-order valence-corrected chi connectivity index (χ2v) is 7.83. The van der Waals surface area contributed by atoms with Gasteiger partial charge in [-0.3, -0.25) is 4.79 Å². The van der Waals surface area contributed by atoms with Crippen molar-refractivity contribution in [3.63, 3.8) is 0 Å². The van der Waals surface area contributed by atoms with Crippen molar-refractivity contribution < 1.29 is 24.2 Å². The second kappa shape index (κ2) is 9.77. The maximum absolute atomic E-state index is 12.4. The molecular weight excluding hydrogens is 304 g/mol. The van der Waals surface area contributed by atoms with Crippen molar-refractivity contribution in [2.24, 2.45) is 5.92 Å². The highest BCUT2D eigenvalue weighted by molar-refractivity contribution is 7.99. The van der Waals surface area contributed by atoms with Crippen LogP contribution < -0.4 is 0 Å². The maximum Gasteiger partial charge on any atom is 0.335 e. The molecular formula is C16H28O5S. The van der Waals surface area contributed by atoms with E-state index >= 15 is 0 Å². The van der Waals surface area contributed by atoms with Crippen molar-refractivity contribution in [3.05, 3.63) is 11.8 Å². The Bertz CT molecular complexity index is 396. The molecule has 0 fully saturated rings. The Morgan fingerprint density at radius 3 is 2.27 bits per heavy atom. The molecule has 1 atom stereocenters. The first-order valence-corrected chi connectivity index (χ1v) is 8.52. The number of carbonyl (C=O) groups is 2. The lowest BCUT2D eigenvalue weighted by Crippen LogP contribution is -2.33. The monoisotopic (exact) mass is 332 g/mol. The van der Waals surface area contributed by atoms with E-state index in [9.17, 15) is 14.7 Å². The van der Waals surface area contributed by atoms with Crippen LogP contribution in [-0.4, -0.2) is 40.3 Å². The molecule has 0 saturated heterocycles. The largest absolute Gasteiger partial charge is 0.501 e. The quantitative estimate of drug-likeness (QED) is 0.302. The Kier molecular flexibility index (Phi) is 9.25. The zero-order valence-corrected chi connectivity index (χ0v) is 15.2. The topological polar surface area (TPSA) is 72.8 Å². The van der Waals surface area contributed by atoms with E-state index in [0.717, 1.165) is 6.42 Å². The molecule has 0 aliphatic carbocycles. The third-order valence-corrected chi connectivity index (χ3v) is 3.63. The van der Waals surface area contributed by atoms with E-state index in [4.69, 9.17) is 9.47 Å². The average molecular weight is 332 g/mol. The second-order valence-electron chi connectivity index (χ2n) is 6.22. The number of carbonyl (C=O) groups excluding carboxylic acids is 1. The van der Waals surface area contributed by atoms with Crippen molar-refractivity contribution in [1.29, 1.82) is 0 Å². The number of ether oxygens (including phenoxy) is 2. The zero-order chi connectivity index (χ0) is 17.3. The van der Waals surface area contributed by atoms with Crippen LogP contribution in [0.25, 0.3) is 0 Å². The first-order valence-electron chi connectivity index (χ1n) is 7.47. The van der Waals surface area contributed by atoms with Crippen LogP contribution in [0.2, 0.25) is 0 Å². The molecule has 0 bridgehead atoms. The van der Waals surface area contributed by atoms with Crippen molar-refractivity contribution in [2.45, 2.75) is 58.8 Å². The lowest BCUT2D eigenvalue weighted by Gasteiger charge is -2.24. The summed E-state index contributed by atoms with van der Waals surface area (Å²) in [6.45, 7) is 11.6. The number of hydrogen-bond acceptors (Lipinski definition) is 5. The van der Waals surface area contributed by atoms with Gasteiger partial charge in [-0.1, -0.05) is 20.8 Å². The summed E-state index contributed by atoms with van der Waals surface area (Å²) in [5, 5.41) is 9.68. The van der Waals surface area contributed by atoms with Gasteiger partial charge in [-0.15, -0.1) is 0 Å². The first-order chi connectivity index (χ1) is 10.1. The number of carboxylic acid groups (broad SMARTS) is 1. The standard InChI is InChI=1S/C16H28O5S/c1-7-8-20-9-12(14(17)18)13(10-22-11(2)3)15(19)21-16(4,5)6/h9,11,13H,7-8,10H2,1-6H3,(H,17,18)/b12-9-. The van der Waals surface area contributed by atoms with E-state index in [0.29, 0.717) is 12.4 Å². The Labute approximate surface area is 137 Å². The van der Waals surface area contributed by atoms with E-state index < -0.39 is 23.5 Å². The Morgan fingerprint density at radius 2 is 1.86 bits per heavy atom. The van der Waals surface area contributed by atoms with Crippen molar-refractivity contribution in [1.82, 2.24) is 0 Å². The summed E-state index contributed by atoms with van der Waals surface area (Å²) in [6, 6.07) is 0. The van der Waals surface area contributed by atoms with Gasteiger partial charge in [0, 0.05) is 5.75 Å². The minimum absolute atomic E-state index is 0.0594. The fourth-order valence-corrected chi connectivity index (χ4v) is 2.39. The molecule has 0 radical (unpaired) electrons. The maximum atomic E-state index is 12.4. The fraction of sp³-hybridized carbons (Fsp3) is 0.750. The molecule has 0 aliphatic heterocycles. The third kappa shape index (κ3) is 8.97. The normalized spacial score (nSPS) is 13.9. The Hall–Kier alpha value is -1.17. The number of aliphatic carboxylic acids is 1. The summed E-state index contributed by atoms with van der Waals surface area (Å²) >= 11 is 1.52. The molecule has 128 valence electrons. The molecule has 0 rings (SSSR count). The average Bonchev–Trinajstić information content (AvgIpc) is 2.34.